The minimum Gasteiger partial charge on any atom is -0.467 e. The number of piperidine rings is 2. The highest BCUT2D eigenvalue weighted by atomic mass is 16.5. The van der Waals surface area contributed by atoms with Crippen molar-refractivity contribution < 1.29 is 29.3 Å². The van der Waals surface area contributed by atoms with Gasteiger partial charge < -0.3 is 24.7 Å². The van der Waals surface area contributed by atoms with Crippen molar-refractivity contribution in [2.75, 3.05) is 13.7 Å². The zero-order chi connectivity index (χ0) is 30.7. The normalized spacial score (nSPS) is 21.8. The van der Waals surface area contributed by atoms with Crippen molar-refractivity contribution in [3.05, 3.63) is 0 Å². The lowest BCUT2D eigenvalue weighted by Gasteiger charge is -2.40. The summed E-state index contributed by atoms with van der Waals surface area (Å²) in [6, 6.07) is -0.428. The second-order valence-corrected chi connectivity index (χ2v) is 12.8. The average Bonchev–Trinajstić information content (AvgIpc) is 2.98. The number of nitrogens with zero attached hydrogens (tertiary/aromatic N) is 2. The highest BCUT2D eigenvalue weighted by molar-refractivity contribution is 5.85. The van der Waals surface area contributed by atoms with Crippen LogP contribution in [-0.2, 0) is 19.1 Å². The molecule has 0 radical (unpaired) electrons. The Balaban J connectivity index is 1.87. The molecule has 0 bridgehead atoms. The number of carbonyl (C=O) groups excluding carboxylic acids is 3. The lowest BCUT2D eigenvalue weighted by Crippen LogP contribution is -2.53. The van der Waals surface area contributed by atoms with E-state index in [0.717, 1.165) is 109 Å². The van der Waals surface area contributed by atoms with Gasteiger partial charge >= 0.3 is 5.97 Å². The zero-order valence-electron chi connectivity index (χ0n) is 27.1. The second kappa shape index (κ2) is 21.1. The molecule has 5 atom stereocenters. The van der Waals surface area contributed by atoms with Crippen LogP contribution in [0.25, 0.3) is 0 Å². The Hall–Kier alpha value is -1.67. The maximum absolute atomic E-state index is 13.1. The fourth-order valence-corrected chi connectivity index (χ4v) is 6.89. The molecule has 0 aromatic carbocycles. The molecule has 8 nitrogen and oxygen atoms in total. The summed E-state index contributed by atoms with van der Waals surface area (Å²) in [4.78, 5) is 42.5. The second-order valence-electron chi connectivity index (χ2n) is 12.8. The summed E-state index contributed by atoms with van der Waals surface area (Å²) in [5.74, 6) is -0.124. The standard InChI is InChI=1S/C34H62N2O6/c1-4-6-9-17-29(37)24-22-27-15-13-20-32(39)35(27)26-12-8-11-19-31(34(41)42-3)36-28(16-14-21-33(36)40)23-25-30(38)18-10-7-5-2/h27-31,37-38H,4-26H2,1-3H3/t27-,28-,29?,30?,31?/m1/s1. The van der Waals surface area contributed by atoms with Crippen LogP contribution >= 0.6 is 0 Å². The van der Waals surface area contributed by atoms with Gasteiger partial charge in [0, 0.05) is 31.5 Å². The van der Waals surface area contributed by atoms with Crippen molar-refractivity contribution in [1.82, 2.24) is 9.80 Å². The molecular formula is C34H62N2O6. The summed E-state index contributed by atoms with van der Waals surface area (Å²) in [6.07, 6.45) is 18.3. The van der Waals surface area contributed by atoms with Crippen LogP contribution in [-0.4, -0.2) is 81.8 Å². The Kier molecular flexibility index (Phi) is 18.3. The predicted molar refractivity (Wildman–Crippen MR) is 167 cm³/mol. The van der Waals surface area contributed by atoms with Crippen molar-refractivity contribution in [2.45, 2.75) is 185 Å². The van der Waals surface area contributed by atoms with Crippen LogP contribution in [0.4, 0.5) is 0 Å². The number of hydrogen-bond acceptors (Lipinski definition) is 6. The topological polar surface area (TPSA) is 107 Å². The van der Waals surface area contributed by atoms with Crippen LogP contribution < -0.4 is 0 Å². The first-order valence-electron chi connectivity index (χ1n) is 17.4. The molecule has 2 rings (SSSR count). The fourth-order valence-electron chi connectivity index (χ4n) is 6.89. The summed E-state index contributed by atoms with van der Waals surface area (Å²) >= 11 is 0. The minimum absolute atomic E-state index is 0.0146. The van der Waals surface area contributed by atoms with Crippen LogP contribution in [0.15, 0.2) is 0 Å². The van der Waals surface area contributed by atoms with E-state index in [1.54, 1.807) is 4.90 Å². The van der Waals surface area contributed by atoms with Gasteiger partial charge in [0.2, 0.25) is 11.8 Å². The summed E-state index contributed by atoms with van der Waals surface area (Å²) < 4.78 is 5.16. The van der Waals surface area contributed by atoms with Crippen molar-refractivity contribution in [2.24, 2.45) is 0 Å². The molecular weight excluding hydrogens is 532 g/mol. The van der Waals surface area contributed by atoms with E-state index in [1.165, 1.54) is 7.11 Å². The first kappa shape index (κ1) is 36.5. The van der Waals surface area contributed by atoms with Crippen LogP contribution in [0.1, 0.15) is 155 Å². The number of rotatable bonds is 22. The summed E-state index contributed by atoms with van der Waals surface area (Å²) in [6.45, 7) is 5.03. The monoisotopic (exact) mass is 594 g/mol. The Morgan fingerprint density at radius 2 is 1.31 bits per heavy atom. The van der Waals surface area contributed by atoms with Crippen molar-refractivity contribution >= 4 is 17.8 Å². The number of amides is 2. The molecule has 0 spiro atoms. The van der Waals surface area contributed by atoms with Crippen molar-refractivity contribution in [1.29, 1.82) is 0 Å². The summed E-state index contributed by atoms with van der Waals surface area (Å²) in [5, 5.41) is 20.9. The molecule has 244 valence electrons. The number of hydrogen-bond donors (Lipinski definition) is 2. The molecule has 2 N–H and O–H groups in total. The van der Waals surface area contributed by atoms with Gasteiger partial charge in [0.25, 0.3) is 0 Å². The van der Waals surface area contributed by atoms with Crippen LogP contribution in [0, 0.1) is 0 Å². The molecule has 2 fully saturated rings. The molecule has 2 heterocycles. The maximum Gasteiger partial charge on any atom is 0.328 e. The molecule has 2 aliphatic rings. The number of methoxy groups -OCH3 is 1. The van der Waals surface area contributed by atoms with Crippen LogP contribution in [0.5, 0.6) is 0 Å². The molecule has 8 heteroatoms. The van der Waals surface area contributed by atoms with Gasteiger partial charge in [-0.1, -0.05) is 65.2 Å². The largest absolute Gasteiger partial charge is 0.467 e. The third-order valence-electron chi connectivity index (χ3n) is 9.43. The Bertz CT molecular complexity index is 777. The van der Waals surface area contributed by atoms with E-state index >= 15 is 0 Å². The Morgan fingerprint density at radius 3 is 1.90 bits per heavy atom. The summed E-state index contributed by atoms with van der Waals surface area (Å²) in [7, 11) is 1.39. The first-order valence-corrected chi connectivity index (χ1v) is 17.4. The first-order chi connectivity index (χ1) is 20.3. The van der Waals surface area contributed by atoms with Gasteiger partial charge in [-0.3, -0.25) is 9.59 Å². The minimum atomic E-state index is -0.594. The molecule has 0 aromatic rings. The van der Waals surface area contributed by atoms with E-state index in [9.17, 15) is 24.6 Å². The predicted octanol–water partition coefficient (Wildman–Crippen LogP) is 6.29. The molecule has 2 saturated heterocycles. The average molecular weight is 595 g/mol. The van der Waals surface area contributed by atoms with E-state index in [-0.39, 0.29) is 42.1 Å². The third-order valence-corrected chi connectivity index (χ3v) is 9.43. The number of likely N-dealkylation sites (tertiary alicyclic amines) is 2. The third kappa shape index (κ3) is 12.9. The van der Waals surface area contributed by atoms with Crippen LogP contribution in [0.2, 0.25) is 0 Å². The summed E-state index contributed by atoms with van der Waals surface area (Å²) in [5.41, 5.74) is 0. The quantitative estimate of drug-likeness (QED) is 0.113. The smallest absolute Gasteiger partial charge is 0.328 e. The molecule has 42 heavy (non-hydrogen) atoms. The van der Waals surface area contributed by atoms with Gasteiger partial charge in [-0.25, -0.2) is 4.79 Å². The number of unbranched alkanes of at least 4 members (excludes halogenated alkanes) is 6. The van der Waals surface area contributed by atoms with Crippen molar-refractivity contribution in [3.63, 3.8) is 0 Å². The van der Waals surface area contributed by atoms with Gasteiger partial charge in [-0.05, 0) is 77.0 Å². The molecule has 0 aliphatic carbocycles. The lowest BCUT2D eigenvalue weighted by atomic mass is 9.92. The Labute approximate surface area is 255 Å². The molecule has 3 unspecified atom stereocenters. The molecule has 0 saturated carbocycles. The van der Waals surface area contributed by atoms with Gasteiger partial charge in [0.1, 0.15) is 6.04 Å². The van der Waals surface area contributed by atoms with E-state index in [4.69, 9.17) is 4.74 Å². The van der Waals surface area contributed by atoms with E-state index in [0.29, 0.717) is 38.6 Å². The highest BCUT2D eigenvalue weighted by Crippen LogP contribution is 2.29. The van der Waals surface area contributed by atoms with E-state index < -0.39 is 6.04 Å². The molecule has 0 aromatic heterocycles. The van der Waals surface area contributed by atoms with Gasteiger partial charge in [0.05, 0.1) is 19.3 Å². The number of ether oxygens (including phenoxy) is 1. The molecule has 2 aliphatic heterocycles. The maximum atomic E-state index is 13.1. The number of aliphatic hydroxyl groups is 2. The van der Waals surface area contributed by atoms with Gasteiger partial charge in [0.15, 0.2) is 0 Å². The number of aliphatic hydroxyl groups excluding tert-OH is 2. The Morgan fingerprint density at radius 1 is 0.762 bits per heavy atom. The van der Waals surface area contributed by atoms with E-state index in [1.807, 2.05) is 4.90 Å². The highest BCUT2D eigenvalue weighted by Gasteiger charge is 2.37. The fraction of sp³-hybridized carbons (Fsp3) is 0.912. The van der Waals surface area contributed by atoms with Crippen LogP contribution in [0.3, 0.4) is 0 Å². The molecule has 2 amide bonds. The van der Waals surface area contributed by atoms with Gasteiger partial charge in [-0.15, -0.1) is 0 Å². The van der Waals surface area contributed by atoms with Crippen molar-refractivity contribution in [3.8, 4) is 0 Å². The lowest BCUT2D eigenvalue weighted by molar-refractivity contribution is -0.157. The van der Waals surface area contributed by atoms with E-state index in [2.05, 4.69) is 13.8 Å². The zero-order valence-corrected chi connectivity index (χ0v) is 27.1. The number of esters is 1. The van der Waals surface area contributed by atoms with Gasteiger partial charge in [-0.2, -0.15) is 0 Å². The SMILES string of the molecule is CCCCCC(O)CC[C@H]1CCCC(=O)N1CCCCCC(C(=O)OC)N1C(=O)CCC[C@@H]1CCC(O)CCCCC. The number of carbonyl (C=O) groups is 3.